The first-order valence-corrected chi connectivity index (χ1v) is 6.57. The minimum absolute atomic E-state index is 0.304. The Balaban J connectivity index is 2.19. The molecule has 1 aromatic carbocycles. The van der Waals surface area contributed by atoms with E-state index >= 15 is 0 Å². The first-order chi connectivity index (χ1) is 9.22. The number of carboxylic acid groups (broad SMARTS) is 1. The van der Waals surface area contributed by atoms with Gasteiger partial charge in [0.25, 0.3) is 0 Å². The van der Waals surface area contributed by atoms with Gasteiger partial charge in [-0.2, -0.15) is 0 Å². The first-order valence-electron chi connectivity index (χ1n) is 6.57. The van der Waals surface area contributed by atoms with Crippen molar-refractivity contribution in [3.05, 3.63) is 29.8 Å². The molecule has 0 bridgehead atoms. The van der Waals surface area contributed by atoms with Gasteiger partial charge >= 0.3 is 5.97 Å². The molecule has 0 fully saturated rings. The van der Waals surface area contributed by atoms with Crippen molar-refractivity contribution in [3.8, 4) is 5.75 Å². The van der Waals surface area contributed by atoms with Crippen LogP contribution in [0.4, 0.5) is 0 Å². The van der Waals surface area contributed by atoms with Crippen LogP contribution in [0.5, 0.6) is 5.75 Å². The van der Waals surface area contributed by atoms with Gasteiger partial charge in [-0.3, -0.25) is 0 Å². The molecule has 0 unspecified atom stereocenters. The third kappa shape index (κ3) is 7.43. The highest BCUT2D eigenvalue weighted by atomic mass is 16.5. The number of nitrogens with one attached hydrogen (secondary N) is 2. The van der Waals surface area contributed by atoms with Crippen LogP contribution in [0.15, 0.2) is 24.3 Å². The average molecular weight is 266 g/mol. The Labute approximate surface area is 114 Å². The van der Waals surface area contributed by atoms with Crippen molar-refractivity contribution in [2.45, 2.75) is 19.9 Å². The number of rotatable bonds is 10. The number of hydrogen-bond acceptors (Lipinski definition) is 4. The van der Waals surface area contributed by atoms with E-state index in [1.54, 1.807) is 12.1 Å². The highest BCUT2D eigenvalue weighted by molar-refractivity contribution is 5.68. The van der Waals surface area contributed by atoms with E-state index in [9.17, 15) is 4.79 Å². The summed E-state index contributed by atoms with van der Waals surface area (Å²) in [4.78, 5) is 10.3. The molecule has 19 heavy (non-hydrogen) atoms. The maximum atomic E-state index is 10.3. The SMILES string of the molecule is CCNCCCNCc1ccc(OCC(=O)O)cc1. The zero-order valence-electron chi connectivity index (χ0n) is 11.3. The summed E-state index contributed by atoms with van der Waals surface area (Å²) in [5.41, 5.74) is 1.16. The maximum Gasteiger partial charge on any atom is 0.341 e. The lowest BCUT2D eigenvalue weighted by atomic mass is 10.2. The van der Waals surface area contributed by atoms with Crippen LogP contribution in [-0.2, 0) is 11.3 Å². The lowest BCUT2D eigenvalue weighted by Gasteiger charge is -2.07. The van der Waals surface area contributed by atoms with Crippen LogP contribution in [0, 0.1) is 0 Å². The maximum absolute atomic E-state index is 10.3. The van der Waals surface area contributed by atoms with Crippen LogP contribution >= 0.6 is 0 Å². The quantitative estimate of drug-likeness (QED) is 0.556. The summed E-state index contributed by atoms with van der Waals surface area (Å²) in [6.45, 7) is 5.63. The topological polar surface area (TPSA) is 70.6 Å². The molecule has 0 saturated carbocycles. The van der Waals surface area contributed by atoms with Crippen molar-refractivity contribution in [1.29, 1.82) is 0 Å². The normalized spacial score (nSPS) is 10.4. The van der Waals surface area contributed by atoms with Gasteiger partial charge in [-0.1, -0.05) is 19.1 Å². The third-order valence-electron chi connectivity index (χ3n) is 2.57. The zero-order chi connectivity index (χ0) is 13.9. The number of carboxylic acids is 1. The Morgan fingerprint density at radius 2 is 1.89 bits per heavy atom. The van der Waals surface area contributed by atoms with Crippen molar-refractivity contribution in [2.24, 2.45) is 0 Å². The second kappa shape index (κ2) is 9.35. The van der Waals surface area contributed by atoms with Crippen LogP contribution in [0.2, 0.25) is 0 Å². The molecule has 0 aliphatic carbocycles. The highest BCUT2D eigenvalue weighted by Crippen LogP contribution is 2.11. The summed E-state index contributed by atoms with van der Waals surface area (Å²) in [6.07, 6.45) is 1.10. The monoisotopic (exact) mass is 266 g/mol. The number of aliphatic carboxylic acids is 1. The van der Waals surface area contributed by atoms with Gasteiger partial charge in [0.1, 0.15) is 5.75 Å². The predicted octanol–water partition coefficient (Wildman–Crippen LogP) is 1.24. The fraction of sp³-hybridized carbons (Fsp3) is 0.500. The van der Waals surface area contributed by atoms with E-state index in [1.165, 1.54) is 0 Å². The molecule has 0 amide bonds. The molecule has 5 heteroatoms. The van der Waals surface area contributed by atoms with Crippen LogP contribution < -0.4 is 15.4 Å². The van der Waals surface area contributed by atoms with Gasteiger partial charge in [0.15, 0.2) is 6.61 Å². The van der Waals surface area contributed by atoms with Crippen molar-refractivity contribution >= 4 is 5.97 Å². The molecule has 0 atom stereocenters. The number of carbonyl (C=O) groups is 1. The highest BCUT2D eigenvalue weighted by Gasteiger charge is 1.99. The molecule has 0 aliphatic rings. The number of benzene rings is 1. The van der Waals surface area contributed by atoms with E-state index in [4.69, 9.17) is 9.84 Å². The van der Waals surface area contributed by atoms with E-state index in [2.05, 4.69) is 17.6 Å². The van der Waals surface area contributed by atoms with Gasteiger partial charge in [-0.15, -0.1) is 0 Å². The Hall–Kier alpha value is -1.59. The molecule has 1 aromatic rings. The van der Waals surface area contributed by atoms with E-state index in [0.29, 0.717) is 5.75 Å². The molecule has 5 nitrogen and oxygen atoms in total. The van der Waals surface area contributed by atoms with Crippen molar-refractivity contribution in [1.82, 2.24) is 10.6 Å². The minimum atomic E-state index is -0.966. The molecule has 0 saturated heterocycles. The predicted molar refractivity (Wildman–Crippen MR) is 74.4 cm³/mol. The van der Waals surface area contributed by atoms with E-state index in [-0.39, 0.29) is 6.61 Å². The van der Waals surface area contributed by atoms with E-state index in [1.807, 2.05) is 12.1 Å². The largest absolute Gasteiger partial charge is 0.482 e. The summed E-state index contributed by atoms with van der Waals surface area (Å²) in [5, 5.41) is 15.1. The molecule has 0 spiro atoms. The standard InChI is InChI=1S/C14H22N2O3/c1-2-15-8-3-9-16-10-12-4-6-13(7-5-12)19-11-14(17)18/h4-7,15-16H,2-3,8-11H2,1H3,(H,17,18). The smallest absolute Gasteiger partial charge is 0.341 e. The van der Waals surface area contributed by atoms with E-state index < -0.39 is 5.97 Å². The van der Waals surface area contributed by atoms with Crippen LogP contribution in [-0.4, -0.2) is 37.3 Å². The average Bonchev–Trinajstić information content (AvgIpc) is 2.41. The van der Waals surface area contributed by atoms with Crippen molar-refractivity contribution < 1.29 is 14.6 Å². The summed E-state index contributed by atoms with van der Waals surface area (Å²) >= 11 is 0. The molecule has 0 aromatic heterocycles. The fourth-order valence-corrected chi connectivity index (χ4v) is 1.60. The van der Waals surface area contributed by atoms with E-state index in [0.717, 1.165) is 38.2 Å². The first kappa shape index (κ1) is 15.5. The van der Waals surface area contributed by atoms with Gasteiger partial charge in [0.2, 0.25) is 0 Å². The molecule has 3 N–H and O–H groups in total. The van der Waals surface area contributed by atoms with Gasteiger partial charge in [0, 0.05) is 6.54 Å². The zero-order valence-corrected chi connectivity index (χ0v) is 11.3. The lowest BCUT2D eigenvalue weighted by Crippen LogP contribution is -2.21. The Bertz CT molecular complexity index is 365. The molecule has 0 aliphatic heterocycles. The molecule has 0 heterocycles. The summed E-state index contributed by atoms with van der Waals surface area (Å²) in [7, 11) is 0. The number of ether oxygens (including phenoxy) is 1. The summed E-state index contributed by atoms with van der Waals surface area (Å²) < 4.78 is 5.06. The second-order valence-electron chi connectivity index (χ2n) is 4.21. The Morgan fingerprint density at radius 1 is 1.21 bits per heavy atom. The van der Waals surface area contributed by atoms with Crippen molar-refractivity contribution in [2.75, 3.05) is 26.2 Å². The summed E-state index contributed by atoms with van der Waals surface area (Å²) in [5.74, 6) is -0.385. The van der Waals surface area contributed by atoms with Crippen LogP contribution in [0.1, 0.15) is 18.9 Å². The van der Waals surface area contributed by atoms with Gasteiger partial charge < -0.3 is 20.5 Å². The van der Waals surface area contributed by atoms with Crippen molar-refractivity contribution in [3.63, 3.8) is 0 Å². The van der Waals surface area contributed by atoms with Gasteiger partial charge in [-0.25, -0.2) is 4.79 Å². The third-order valence-corrected chi connectivity index (χ3v) is 2.57. The molecule has 106 valence electrons. The summed E-state index contributed by atoms with van der Waals surface area (Å²) in [6, 6.07) is 7.46. The molecule has 1 rings (SSSR count). The minimum Gasteiger partial charge on any atom is -0.482 e. The second-order valence-corrected chi connectivity index (χ2v) is 4.21. The fourth-order valence-electron chi connectivity index (χ4n) is 1.60. The Kier molecular flexibility index (Phi) is 7.62. The van der Waals surface area contributed by atoms with Gasteiger partial charge in [-0.05, 0) is 43.8 Å². The van der Waals surface area contributed by atoms with Gasteiger partial charge in [0.05, 0.1) is 0 Å². The Morgan fingerprint density at radius 3 is 2.53 bits per heavy atom. The van der Waals surface area contributed by atoms with Crippen LogP contribution in [0.3, 0.4) is 0 Å². The molecular weight excluding hydrogens is 244 g/mol. The molecular formula is C14H22N2O3. The molecule has 0 radical (unpaired) electrons. The van der Waals surface area contributed by atoms with Crippen LogP contribution in [0.25, 0.3) is 0 Å². The number of hydrogen-bond donors (Lipinski definition) is 3. The lowest BCUT2D eigenvalue weighted by molar-refractivity contribution is -0.139.